The van der Waals surface area contributed by atoms with Gasteiger partial charge in [0, 0.05) is 18.6 Å². The van der Waals surface area contributed by atoms with Crippen LogP contribution >= 0.6 is 23.2 Å². The van der Waals surface area contributed by atoms with E-state index >= 15 is 0 Å². The van der Waals surface area contributed by atoms with Crippen LogP contribution in [0.5, 0.6) is 0 Å². The van der Waals surface area contributed by atoms with E-state index in [0.717, 1.165) is 17.1 Å². The molecule has 2 rings (SSSR count). The van der Waals surface area contributed by atoms with Gasteiger partial charge in [-0.05, 0) is 36.6 Å². The summed E-state index contributed by atoms with van der Waals surface area (Å²) >= 11 is 11.8. The summed E-state index contributed by atoms with van der Waals surface area (Å²) in [5.74, 6) is -0.373. The summed E-state index contributed by atoms with van der Waals surface area (Å²) in [5.41, 5.74) is 1.19. The Morgan fingerprint density at radius 3 is 2.50 bits per heavy atom. The maximum atomic E-state index is 12.6. The number of rotatable bonds is 8. The number of nitrogens with one attached hydrogen (secondary N) is 1. The molecule has 0 spiro atoms. The second kappa shape index (κ2) is 9.37. The van der Waals surface area contributed by atoms with Crippen LogP contribution < -0.4 is 5.32 Å². The van der Waals surface area contributed by atoms with E-state index in [0.29, 0.717) is 6.54 Å². The minimum absolute atomic E-state index is 0.0597. The van der Waals surface area contributed by atoms with Gasteiger partial charge in [-0.3, -0.25) is 4.79 Å². The predicted octanol–water partition coefficient (Wildman–Crippen LogP) is 3.36. The van der Waals surface area contributed by atoms with Crippen LogP contribution in [-0.2, 0) is 21.2 Å². The monoisotopic (exact) mass is 414 g/mol. The molecule has 0 aliphatic carbocycles. The van der Waals surface area contributed by atoms with Gasteiger partial charge < -0.3 is 5.32 Å². The van der Waals surface area contributed by atoms with Gasteiger partial charge in [-0.15, -0.1) is 0 Å². The quantitative estimate of drug-likeness (QED) is 0.673. The minimum Gasteiger partial charge on any atom is -0.355 e. The summed E-state index contributed by atoms with van der Waals surface area (Å²) in [5, 5.41) is 3.05. The Morgan fingerprint density at radius 2 is 1.81 bits per heavy atom. The molecule has 0 atom stereocenters. The highest BCUT2D eigenvalue weighted by atomic mass is 35.5. The Hall–Kier alpha value is -1.60. The van der Waals surface area contributed by atoms with Crippen LogP contribution in [0.4, 0.5) is 0 Å². The highest BCUT2D eigenvalue weighted by molar-refractivity contribution is 7.89. The molecule has 2 aromatic rings. The standard InChI is InChI=1S/C18H20Cl2N2O3S/c1-22(26(24,25)17-12-15(19)9-10-16(17)20)13-18(23)21-11-5-8-14-6-3-2-4-7-14/h2-4,6-7,9-10,12H,5,8,11,13H2,1H3,(H,21,23). The fourth-order valence-corrected chi connectivity index (χ4v) is 4.21. The number of hydrogen-bond donors (Lipinski definition) is 1. The largest absolute Gasteiger partial charge is 0.355 e. The van der Waals surface area contributed by atoms with Crippen molar-refractivity contribution >= 4 is 39.1 Å². The summed E-state index contributed by atoms with van der Waals surface area (Å²) in [4.78, 5) is 11.9. The van der Waals surface area contributed by atoms with Crippen molar-refractivity contribution in [1.82, 2.24) is 9.62 Å². The fourth-order valence-electron chi connectivity index (χ4n) is 2.35. The van der Waals surface area contributed by atoms with E-state index in [4.69, 9.17) is 23.2 Å². The van der Waals surface area contributed by atoms with Crippen molar-refractivity contribution in [3.05, 3.63) is 64.1 Å². The molecule has 26 heavy (non-hydrogen) atoms. The Kier molecular flexibility index (Phi) is 7.46. The molecular formula is C18H20Cl2N2O3S. The number of amides is 1. The van der Waals surface area contributed by atoms with Gasteiger partial charge >= 0.3 is 0 Å². The van der Waals surface area contributed by atoms with E-state index in [-0.39, 0.29) is 27.4 Å². The molecular weight excluding hydrogens is 395 g/mol. The zero-order chi connectivity index (χ0) is 19.2. The van der Waals surface area contributed by atoms with Crippen molar-refractivity contribution in [1.29, 1.82) is 0 Å². The zero-order valence-corrected chi connectivity index (χ0v) is 16.6. The summed E-state index contributed by atoms with van der Waals surface area (Å²) in [7, 11) is -2.58. The third-order valence-electron chi connectivity index (χ3n) is 3.75. The van der Waals surface area contributed by atoms with E-state index in [1.54, 1.807) is 0 Å². The number of nitrogens with zero attached hydrogens (tertiary/aromatic N) is 1. The SMILES string of the molecule is CN(CC(=O)NCCCc1ccccc1)S(=O)(=O)c1cc(Cl)ccc1Cl. The highest BCUT2D eigenvalue weighted by Crippen LogP contribution is 2.27. The van der Waals surface area contributed by atoms with Gasteiger partial charge in [0.25, 0.3) is 0 Å². The van der Waals surface area contributed by atoms with Crippen molar-refractivity contribution in [3.63, 3.8) is 0 Å². The summed E-state index contributed by atoms with van der Waals surface area (Å²) in [6.07, 6.45) is 1.61. The fraction of sp³-hybridized carbons (Fsp3) is 0.278. The van der Waals surface area contributed by atoms with Gasteiger partial charge in [0.2, 0.25) is 15.9 Å². The van der Waals surface area contributed by atoms with Crippen molar-refractivity contribution < 1.29 is 13.2 Å². The predicted molar refractivity (Wildman–Crippen MR) is 104 cm³/mol. The molecule has 2 aromatic carbocycles. The molecule has 5 nitrogen and oxygen atoms in total. The van der Waals surface area contributed by atoms with Gasteiger partial charge in [-0.1, -0.05) is 53.5 Å². The van der Waals surface area contributed by atoms with Gasteiger partial charge in [0.15, 0.2) is 0 Å². The zero-order valence-electron chi connectivity index (χ0n) is 14.3. The molecule has 0 saturated heterocycles. The van der Waals surface area contributed by atoms with Crippen LogP contribution in [0.15, 0.2) is 53.4 Å². The van der Waals surface area contributed by atoms with Crippen LogP contribution in [-0.4, -0.2) is 38.8 Å². The maximum Gasteiger partial charge on any atom is 0.244 e. The highest BCUT2D eigenvalue weighted by Gasteiger charge is 2.25. The van der Waals surface area contributed by atoms with Gasteiger partial charge in [-0.25, -0.2) is 8.42 Å². The van der Waals surface area contributed by atoms with Crippen molar-refractivity contribution in [2.75, 3.05) is 20.1 Å². The van der Waals surface area contributed by atoms with Crippen LogP contribution in [0.3, 0.4) is 0 Å². The van der Waals surface area contributed by atoms with Crippen molar-refractivity contribution in [3.8, 4) is 0 Å². The molecule has 0 heterocycles. The number of hydrogen-bond acceptors (Lipinski definition) is 3. The number of likely N-dealkylation sites (N-methyl/N-ethyl adjacent to an activating group) is 1. The average Bonchev–Trinajstić information content (AvgIpc) is 2.61. The second-order valence-electron chi connectivity index (χ2n) is 5.77. The van der Waals surface area contributed by atoms with E-state index < -0.39 is 10.0 Å². The van der Waals surface area contributed by atoms with E-state index in [1.807, 2.05) is 30.3 Å². The first-order chi connectivity index (χ1) is 12.3. The first kappa shape index (κ1) is 20.7. The average molecular weight is 415 g/mol. The number of carbonyl (C=O) groups is 1. The number of aryl methyl sites for hydroxylation is 1. The molecule has 0 saturated carbocycles. The molecule has 0 aliphatic rings. The molecule has 0 aromatic heterocycles. The Labute approximate surface area is 164 Å². The topological polar surface area (TPSA) is 66.5 Å². The molecule has 1 N–H and O–H groups in total. The smallest absolute Gasteiger partial charge is 0.244 e. The summed E-state index contributed by atoms with van der Waals surface area (Å²) in [6, 6.07) is 14.1. The van der Waals surface area contributed by atoms with Gasteiger partial charge in [0.1, 0.15) is 4.90 Å². The molecule has 0 unspecified atom stereocenters. The van der Waals surface area contributed by atoms with Gasteiger partial charge in [-0.2, -0.15) is 4.31 Å². The first-order valence-corrected chi connectivity index (χ1v) is 10.2. The van der Waals surface area contributed by atoms with E-state index in [1.165, 1.54) is 30.8 Å². The number of sulfonamides is 1. The molecule has 140 valence electrons. The normalized spacial score (nSPS) is 11.5. The molecule has 0 fully saturated rings. The summed E-state index contributed by atoms with van der Waals surface area (Å²) in [6.45, 7) is 0.177. The summed E-state index contributed by atoms with van der Waals surface area (Å²) < 4.78 is 26.1. The van der Waals surface area contributed by atoms with Crippen LogP contribution in [0.2, 0.25) is 10.0 Å². The molecule has 0 bridgehead atoms. The lowest BCUT2D eigenvalue weighted by Gasteiger charge is -2.18. The molecule has 8 heteroatoms. The Bertz CT molecular complexity index is 858. The van der Waals surface area contributed by atoms with Crippen molar-refractivity contribution in [2.24, 2.45) is 0 Å². The lowest BCUT2D eigenvalue weighted by Crippen LogP contribution is -2.38. The van der Waals surface area contributed by atoms with Crippen LogP contribution in [0.25, 0.3) is 0 Å². The Balaban J connectivity index is 1.86. The van der Waals surface area contributed by atoms with E-state index in [9.17, 15) is 13.2 Å². The van der Waals surface area contributed by atoms with Gasteiger partial charge in [0.05, 0.1) is 11.6 Å². The third kappa shape index (κ3) is 5.71. The number of halogens is 2. The molecule has 0 aliphatic heterocycles. The lowest BCUT2D eigenvalue weighted by molar-refractivity contribution is -0.121. The Morgan fingerprint density at radius 1 is 1.12 bits per heavy atom. The number of benzene rings is 2. The van der Waals surface area contributed by atoms with Crippen molar-refractivity contribution in [2.45, 2.75) is 17.7 Å². The molecule has 0 radical (unpaired) electrons. The minimum atomic E-state index is -3.90. The molecule has 1 amide bonds. The number of carbonyl (C=O) groups excluding carboxylic acids is 1. The van der Waals surface area contributed by atoms with Crippen LogP contribution in [0, 0.1) is 0 Å². The third-order valence-corrected chi connectivity index (χ3v) is 6.28. The maximum absolute atomic E-state index is 12.6. The lowest BCUT2D eigenvalue weighted by atomic mass is 10.1. The first-order valence-electron chi connectivity index (χ1n) is 8.02. The van der Waals surface area contributed by atoms with E-state index in [2.05, 4.69) is 5.32 Å². The van der Waals surface area contributed by atoms with Crippen LogP contribution in [0.1, 0.15) is 12.0 Å². The second-order valence-corrected chi connectivity index (χ2v) is 8.63.